The standard InChI is InChI=1S/C33H45N7O3S/c1-22(2)18-30(41)38-23(3)26-13-9-12-25(19-26)21-31(42)39-28(35)17-16-27(34)14-7-8-15-29(36)44-33(37)40-32(43)20-24-10-5-4-6-11-24/h4-6,9-13,19,22-23,34,36H,7-8,14-18,20-21H2,1-3H3,(H,38,41)(H2,35,39,42)(H2,37,40,43). The van der Waals surface area contributed by atoms with Gasteiger partial charge in [-0.05, 0) is 73.4 Å². The number of nitrogens with one attached hydrogen (secondary N) is 3. The summed E-state index contributed by atoms with van der Waals surface area (Å²) in [6.45, 7) is 5.91. The van der Waals surface area contributed by atoms with Crippen LogP contribution in [0.4, 0.5) is 0 Å². The third-order valence-electron chi connectivity index (χ3n) is 6.52. The fraction of sp³-hybridized carbons (Fsp3) is 0.424. The number of hydrogen-bond acceptors (Lipinski definition) is 6. The third kappa shape index (κ3) is 15.4. The van der Waals surface area contributed by atoms with Gasteiger partial charge in [0, 0.05) is 18.6 Å². The van der Waals surface area contributed by atoms with Gasteiger partial charge >= 0.3 is 0 Å². The maximum atomic E-state index is 12.5. The molecule has 10 nitrogen and oxygen atoms in total. The largest absolute Gasteiger partial charge is 0.387 e. The van der Waals surface area contributed by atoms with Crippen LogP contribution in [0.3, 0.4) is 0 Å². The molecule has 0 spiro atoms. The summed E-state index contributed by atoms with van der Waals surface area (Å²) in [5.74, 6) is -0.243. The number of amidine groups is 2. The molecule has 0 radical (unpaired) electrons. The lowest BCUT2D eigenvalue weighted by Crippen LogP contribution is -2.27. The van der Waals surface area contributed by atoms with Crippen molar-refractivity contribution in [2.24, 2.45) is 27.4 Å². The zero-order valence-corrected chi connectivity index (χ0v) is 26.7. The van der Waals surface area contributed by atoms with Crippen molar-refractivity contribution in [2.45, 2.75) is 84.6 Å². The first kappa shape index (κ1) is 36.1. The summed E-state index contributed by atoms with van der Waals surface area (Å²) in [5, 5.41) is 19.7. The number of hydrogen-bond donors (Lipinski definition) is 5. The topological polar surface area (TPSA) is 188 Å². The van der Waals surface area contributed by atoms with Crippen molar-refractivity contribution in [3.63, 3.8) is 0 Å². The highest BCUT2D eigenvalue weighted by Gasteiger charge is 2.13. The van der Waals surface area contributed by atoms with Crippen LogP contribution in [-0.2, 0) is 27.2 Å². The van der Waals surface area contributed by atoms with Crippen molar-refractivity contribution in [1.29, 1.82) is 10.8 Å². The molecule has 44 heavy (non-hydrogen) atoms. The number of thioether (sulfide) groups is 1. The molecular formula is C33H45N7O3S. The zero-order valence-electron chi connectivity index (χ0n) is 25.9. The molecule has 236 valence electrons. The first-order valence-corrected chi connectivity index (χ1v) is 15.7. The van der Waals surface area contributed by atoms with Crippen LogP contribution in [0.15, 0.2) is 64.6 Å². The number of nitrogens with two attached hydrogens (primary N) is 2. The molecule has 7 N–H and O–H groups in total. The lowest BCUT2D eigenvalue weighted by Gasteiger charge is -2.16. The van der Waals surface area contributed by atoms with Gasteiger partial charge in [0.1, 0.15) is 5.84 Å². The summed E-state index contributed by atoms with van der Waals surface area (Å²) < 4.78 is 0. The summed E-state index contributed by atoms with van der Waals surface area (Å²) in [5.41, 5.74) is 14.9. The number of unbranched alkanes of at least 4 members (excludes halogenated alkanes) is 1. The molecule has 0 aliphatic rings. The molecule has 0 aliphatic heterocycles. The van der Waals surface area contributed by atoms with E-state index in [9.17, 15) is 14.4 Å². The number of rotatable bonds is 16. The Morgan fingerprint density at radius 1 is 0.818 bits per heavy atom. The third-order valence-corrected chi connectivity index (χ3v) is 7.27. The van der Waals surface area contributed by atoms with E-state index < -0.39 is 0 Å². The smallest absolute Gasteiger partial charge is 0.252 e. The lowest BCUT2D eigenvalue weighted by molar-refractivity contribution is -0.122. The Bertz CT molecular complexity index is 1360. The monoisotopic (exact) mass is 619 g/mol. The van der Waals surface area contributed by atoms with Crippen LogP contribution >= 0.6 is 11.8 Å². The lowest BCUT2D eigenvalue weighted by atomic mass is 10.0. The quantitative estimate of drug-likeness (QED) is 0.0938. The molecule has 0 aromatic heterocycles. The summed E-state index contributed by atoms with van der Waals surface area (Å²) in [6, 6.07) is 16.6. The molecule has 0 saturated carbocycles. The Hall–Kier alpha value is -4.12. The Kier molecular flexibility index (Phi) is 15.8. The van der Waals surface area contributed by atoms with Gasteiger partial charge in [-0.15, -0.1) is 0 Å². The Labute approximate surface area is 264 Å². The van der Waals surface area contributed by atoms with E-state index in [-0.39, 0.29) is 53.5 Å². The van der Waals surface area contributed by atoms with Crippen LogP contribution in [0.25, 0.3) is 0 Å². The van der Waals surface area contributed by atoms with E-state index in [0.29, 0.717) is 55.7 Å². The van der Waals surface area contributed by atoms with E-state index in [1.807, 2.05) is 75.4 Å². The minimum atomic E-state index is -0.358. The molecule has 0 bridgehead atoms. The average molecular weight is 620 g/mol. The van der Waals surface area contributed by atoms with Gasteiger partial charge in [0.2, 0.25) is 5.91 Å². The molecule has 0 saturated heterocycles. The van der Waals surface area contributed by atoms with E-state index in [4.69, 9.17) is 22.3 Å². The molecule has 0 aliphatic carbocycles. The molecule has 2 aromatic rings. The highest BCUT2D eigenvalue weighted by molar-refractivity contribution is 8.26. The summed E-state index contributed by atoms with van der Waals surface area (Å²) >= 11 is 0.979. The van der Waals surface area contributed by atoms with Crippen molar-refractivity contribution in [1.82, 2.24) is 5.32 Å². The van der Waals surface area contributed by atoms with Crippen molar-refractivity contribution >= 4 is 51.2 Å². The molecule has 2 aromatic carbocycles. The van der Waals surface area contributed by atoms with Gasteiger partial charge in [0.25, 0.3) is 11.8 Å². The van der Waals surface area contributed by atoms with Gasteiger partial charge in [-0.1, -0.05) is 68.4 Å². The predicted molar refractivity (Wildman–Crippen MR) is 180 cm³/mol. The van der Waals surface area contributed by atoms with Gasteiger partial charge in [-0.3, -0.25) is 19.8 Å². The van der Waals surface area contributed by atoms with Crippen molar-refractivity contribution < 1.29 is 14.4 Å². The Morgan fingerprint density at radius 3 is 2.16 bits per heavy atom. The fourth-order valence-corrected chi connectivity index (χ4v) is 4.96. The van der Waals surface area contributed by atoms with Gasteiger partial charge in [0.05, 0.1) is 23.9 Å². The zero-order chi connectivity index (χ0) is 32.5. The van der Waals surface area contributed by atoms with Gasteiger partial charge < -0.3 is 22.2 Å². The first-order valence-electron chi connectivity index (χ1n) is 14.9. The van der Waals surface area contributed by atoms with E-state index in [1.54, 1.807) is 0 Å². The van der Waals surface area contributed by atoms with Crippen LogP contribution < -0.4 is 16.8 Å². The summed E-state index contributed by atoms with van der Waals surface area (Å²) in [7, 11) is 0. The molecule has 0 fully saturated rings. The minimum Gasteiger partial charge on any atom is -0.387 e. The molecule has 1 unspecified atom stereocenters. The van der Waals surface area contributed by atoms with Gasteiger partial charge in [0.15, 0.2) is 5.17 Å². The molecule has 3 amide bonds. The van der Waals surface area contributed by atoms with E-state index in [1.165, 1.54) is 0 Å². The molecule has 0 heterocycles. The summed E-state index contributed by atoms with van der Waals surface area (Å²) in [6.07, 6.45) is 3.88. The minimum absolute atomic E-state index is 0.00461. The van der Waals surface area contributed by atoms with E-state index in [2.05, 4.69) is 15.3 Å². The first-order chi connectivity index (χ1) is 20.9. The highest BCUT2D eigenvalue weighted by atomic mass is 32.2. The molecule has 2 rings (SSSR count). The van der Waals surface area contributed by atoms with Gasteiger partial charge in [-0.25, -0.2) is 4.99 Å². The summed E-state index contributed by atoms with van der Waals surface area (Å²) in [4.78, 5) is 44.5. The SMILES string of the molecule is CC(C)CC(=O)NC(C)c1cccc(CC(=O)N=C(N)CCC(=N)CCCCC(=N)SC(N)=NC(=O)Cc2ccccc2)c1. The van der Waals surface area contributed by atoms with Crippen LogP contribution in [0.2, 0.25) is 0 Å². The van der Waals surface area contributed by atoms with Crippen molar-refractivity contribution in [3.05, 3.63) is 71.3 Å². The average Bonchev–Trinajstić information content (AvgIpc) is 2.94. The maximum Gasteiger partial charge on any atom is 0.252 e. The van der Waals surface area contributed by atoms with E-state index in [0.717, 1.165) is 28.5 Å². The van der Waals surface area contributed by atoms with Crippen LogP contribution in [0.5, 0.6) is 0 Å². The number of aliphatic imine (C=N–C) groups is 2. The molecule has 11 heteroatoms. The van der Waals surface area contributed by atoms with Gasteiger partial charge in [-0.2, -0.15) is 4.99 Å². The van der Waals surface area contributed by atoms with E-state index >= 15 is 0 Å². The highest BCUT2D eigenvalue weighted by Crippen LogP contribution is 2.16. The maximum absolute atomic E-state index is 12.5. The number of benzene rings is 2. The van der Waals surface area contributed by atoms with Crippen molar-refractivity contribution in [3.8, 4) is 0 Å². The predicted octanol–water partition coefficient (Wildman–Crippen LogP) is 5.49. The Balaban J connectivity index is 1.67. The number of carbonyl (C=O) groups excluding carboxylic acids is 3. The number of carbonyl (C=O) groups is 3. The second kappa shape index (κ2) is 19.2. The van der Waals surface area contributed by atoms with Crippen molar-refractivity contribution in [2.75, 3.05) is 0 Å². The fourth-order valence-electron chi connectivity index (χ4n) is 4.32. The second-order valence-electron chi connectivity index (χ2n) is 11.1. The normalized spacial score (nSPS) is 12.5. The molecular weight excluding hydrogens is 574 g/mol. The number of nitrogens with zero attached hydrogens (tertiary/aromatic N) is 2. The van der Waals surface area contributed by atoms with Crippen LogP contribution in [0, 0.1) is 16.7 Å². The van der Waals surface area contributed by atoms with Crippen LogP contribution in [0.1, 0.15) is 88.4 Å². The second-order valence-corrected chi connectivity index (χ2v) is 12.3. The Morgan fingerprint density at radius 2 is 1.45 bits per heavy atom. The van der Waals surface area contributed by atoms with Crippen LogP contribution in [-0.4, -0.2) is 39.5 Å². The number of amides is 3. The molecule has 1 atom stereocenters.